The zero-order chi connectivity index (χ0) is 11.5. The fourth-order valence-corrected chi connectivity index (χ4v) is 2.33. The topological polar surface area (TPSA) is 26.3 Å². The van der Waals surface area contributed by atoms with Gasteiger partial charge in [0, 0.05) is 10.9 Å². The summed E-state index contributed by atoms with van der Waals surface area (Å²) >= 11 is 3.44. The van der Waals surface area contributed by atoms with Gasteiger partial charge in [0.1, 0.15) is 5.75 Å². The van der Waals surface area contributed by atoms with Gasteiger partial charge < -0.3 is 4.74 Å². The van der Waals surface area contributed by atoms with Crippen molar-refractivity contribution in [3.63, 3.8) is 0 Å². The van der Waals surface area contributed by atoms with Gasteiger partial charge in [0.2, 0.25) is 0 Å². The molecule has 2 rings (SSSR count). The van der Waals surface area contributed by atoms with Crippen molar-refractivity contribution in [3.8, 4) is 5.75 Å². The van der Waals surface area contributed by atoms with Gasteiger partial charge in [0.15, 0.2) is 5.78 Å². The van der Waals surface area contributed by atoms with Crippen LogP contribution < -0.4 is 4.74 Å². The molecule has 1 aromatic carbocycles. The van der Waals surface area contributed by atoms with E-state index in [1.165, 1.54) is 5.57 Å². The molecular weight excluding hydrogens is 268 g/mol. The van der Waals surface area contributed by atoms with E-state index >= 15 is 0 Å². The molecule has 0 amide bonds. The van der Waals surface area contributed by atoms with Crippen molar-refractivity contribution in [2.75, 3.05) is 7.11 Å². The summed E-state index contributed by atoms with van der Waals surface area (Å²) in [4.78, 5) is 11.1. The summed E-state index contributed by atoms with van der Waals surface area (Å²) in [6.45, 7) is 0. The number of benzene rings is 1. The van der Waals surface area contributed by atoms with Crippen molar-refractivity contribution in [1.82, 2.24) is 0 Å². The van der Waals surface area contributed by atoms with Crippen molar-refractivity contribution in [3.05, 3.63) is 39.9 Å². The smallest absolute Gasteiger partial charge is 0.155 e. The molecule has 1 aliphatic rings. The normalized spacial score (nSPS) is 15.1. The van der Waals surface area contributed by atoms with Crippen LogP contribution in [0.5, 0.6) is 5.75 Å². The van der Waals surface area contributed by atoms with Crippen LogP contribution in [0.1, 0.15) is 18.4 Å². The molecule has 0 unspecified atom stereocenters. The fraction of sp³-hybridized carbons (Fsp3) is 0.308. The summed E-state index contributed by atoms with van der Waals surface area (Å²) in [5.41, 5.74) is 2.32. The number of hydrogen-bond donors (Lipinski definition) is 0. The van der Waals surface area contributed by atoms with Crippen LogP contribution in [0.2, 0.25) is 0 Å². The van der Waals surface area contributed by atoms with E-state index in [4.69, 9.17) is 4.74 Å². The highest BCUT2D eigenvalue weighted by molar-refractivity contribution is 9.10. The third kappa shape index (κ3) is 2.53. The minimum absolute atomic E-state index is 0.240. The summed E-state index contributed by atoms with van der Waals surface area (Å²) < 4.78 is 6.34. The van der Waals surface area contributed by atoms with Gasteiger partial charge >= 0.3 is 0 Å². The molecule has 0 aliphatic heterocycles. The molecule has 0 atom stereocenters. The number of ketones is 1. The van der Waals surface area contributed by atoms with E-state index in [0.717, 1.165) is 28.6 Å². The van der Waals surface area contributed by atoms with Crippen LogP contribution >= 0.6 is 15.9 Å². The van der Waals surface area contributed by atoms with Gasteiger partial charge in [-0.1, -0.05) is 21.5 Å². The average Bonchev–Trinajstić information content (AvgIpc) is 2.64. The Morgan fingerprint density at radius 1 is 1.38 bits per heavy atom. The number of ether oxygens (including phenoxy) is 1. The summed E-state index contributed by atoms with van der Waals surface area (Å²) in [5.74, 6) is 1.12. The van der Waals surface area contributed by atoms with Crippen molar-refractivity contribution in [1.29, 1.82) is 0 Å². The molecule has 0 fully saturated rings. The molecule has 2 nitrogen and oxygen atoms in total. The number of carbonyl (C=O) groups excluding carboxylic acids is 1. The Kier molecular flexibility index (Phi) is 3.44. The lowest BCUT2D eigenvalue weighted by molar-refractivity contribution is -0.114. The standard InChI is InChI=1S/C13H13BrO2/c1-16-13-5-3-11(14)8-10(13)6-9-2-4-12(15)7-9/h3,5,7-8H,2,4,6H2,1H3. The van der Waals surface area contributed by atoms with Crippen LogP contribution in [0.15, 0.2) is 34.3 Å². The Morgan fingerprint density at radius 2 is 2.19 bits per heavy atom. The van der Waals surface area contributed by atoms with Crippen LogP contribution in [-0.4, -0.2) is 12.9 Å². The number of carbonyl (C=O) groups is 1. The number of rotatable bonds is 3. The van der Waals surface area contributed by atoms with Gasteiger partial charge in [0.25, 0.3) is 0 Å². The molecule has 0 saturated heterocycles. The molecule has 0 aromatic heterocycles. The Morgan fingerprint density at radius 3 is 2.81 bits per heavy atom. The summed E-state index contributed by atoms with van der Waals surface area (Å²) in [6.07, 6.45) is 4.11. The Balaban J connectivity index is 2.23. The first kappa shape index (κ1) is 11.4. The van der Waals surface area contributed by atoms with Crippen LogP contribution in [0.4, 0.5) is 0 Å². The van der Waals surface area contributed by atoms with Crippen LogP contribution in [-0.2, 0) is 11.2 Å². The average molecular weight is 281 g/mol. The molecule has 0 N–H and O–H groups in total. The Labute approximate surface area is 103 Å². The largest absolute Gasteiger partial charge is 0.496 e. The minimum atomic E-state index is 0.240. The second-order valence-corrected chi connectivity index (χ2v) is 4.82. The molecule has 84 valence electrons. The summed E-state index contributed by atoms with van der Waals surface area (Å²) in [6, 6.07) is 5.94. The van der Waals surface area contributed by atoms with E-state index in [9.17, 15) is 4.79 Å². The number of hydrogen-bond acceptors (Lipinski definition) is 2. The van der Waals surface area contributed by atoms with Gasteiger partial charge in [-0.3, -0.25) is 4.79 Å². The summed E-state index contributed by atoms with van der Waals surface area (Å²) in [7, 11) is 1.67. The Bertz CT molecular complexity index is 449. The van der Waals surface area contributed by atoms with E-state index in [1.807, 2.05) is 18.2 Å². The lowest BCUT2D eigenvalue weighted by Crippen LogP contribution is -1.94. The number of halogens is 1. The van der Waals surface area contributed by atoms with Gasteiger partial charge in [-0.2, -0.15) is 0 Å². The molecule has 0 radical (unpaired) electrons. The monoisotopic (exact) mass is 280 g/mol. The second-order valence-electron chi connectivity index (χ2n) is 3.90. The van der Waals surface area contributed by atoms with Crippen LogP contribution in [0.3, 0.4) is 0 Å². The second kappa shape index (κ2) is 4.83. The molecule has 1 aliphatic carbocycles. The molecule has 0 heterocycles. The molecule has 0 spiro atoms. The lowest BCUT2D eigenvalue weighted by Gasteiger charge is -2.09. The van der Waals surface area contributed by atoms with Crippen molar-refractivity contribution >= 4 is 21.7 Å². The first-order valence-corrected chi connectivity index (χ1v) is 6.03. The summed E-state index contributed by atoms with van der Waals surface area (Å²) in [5, 5.41) is 0. The molecule has 0 bridgehead atoms. The van der Waals surface area contributed by atoms with E-state index in [1.54, 1.807) is 13.2 Å². The maximum absolute atomic E-state index is 11.1. The fourth-order valence-electron chi connectivity index (χ4n) is 1.93. The SMILES string of the molecule is COc1ccc(Br)cc1CC1=CC(=O)CC1. The van der Waals surface area contributed by atoms with Crippen molar-refractivity contribution < 1.29 is 9.53 Å². The van der Waals surface area contributed by atoms with Gasteiger partial charge in [0.05, 0.1) is 7.11 Å². The minimum Gasteiger partial charge on any atom is -0.496 e. The third-order valence-electron chi connectivity index (χ3n) is 2.72. The van der Waals surface area contributed by atoms with E-state index in [-0.39, 0.29) is 5.78 Å². The molecular formula is C13H13BrO2. The molecule has 16 heavy (non-hydrogen) atoms. The van der Waals surface area contributed by atoms with Gasteiger partial charge in [-0.05, 0) is 42.7 Å². The van der Waals surface area contributed by atoms with Crippen LogP contribution in [0.25, 0.3) is 0 Å². The number of methoxy groups -OCH3 is 1. The molecule has 0 saturated carbocycles. The van der Waals surface area contributed by atoms with Crippen molar-refractivity contribution in [2.45, 2.75) is 19.3 Å². The molecule has 3 heteroatoms. The molecule has 1 aromatic rings. The number of allylic oxidation sites excluding steroid dienone is 2. The Hall–Kier alpha value is -1.09. The maximum atomic E-state index is 11.1. The maximum Gasteiger partial charge on any atom is 0.155 e. The van der Waals surface area contributed by atoms with E-state index in [2.05, 4.69) is 15.9 Å². The zero-order valence-electron chi connectivity index (χ0n) is 9.13. The predicted molar refractivity (Wildman–Crippen MR) is 66.7 cm³/mol. The third-order valence-corrected chi connectivity index (χ3v) is 3.21. The van der Waals surface area contributed by atoms with E-state index in [0.29, 0.717) is 6.42 Å². The van der Waals surface area contributed by atoms with Gasteiger partial charge in [-0.15, -0.1) is 0 Å². The predicted octanol–water partition coefficient (Wildman–Crippen LogP) is 3.29. The van der Waals surface area contributed by atoms with Gasteiger partial charge in [-0.25, -0.2) is 0 Å². The highest BCUT2D eigenvalue weighted by Gasteiger charge is 2.14. The highest BCUT2D eigenvalue weighted by Crippen LogP contribution is 2.28. The highest BCUT2D eigenvalue weighted by atomic mass is 79.9. The lowest BCUT2D eigenvalue weighted by atomic mass is 10.0. The first-order chi connectivity index (χ1) is 7.69. The van der Waals surface area contributed by atoms with E-state index < -0.39 is 0 Å². The quantitative estimate of drug-likeness (QED) is 0.849. The van der Waals surface area contributed by atoms with Crippen molar-refractivity contribution in [2.24, 2.45) is 0 Å². The zero-order valence-corrected chi connectivity index (χ0v) is 10.7. The first-order valence-electron chi connectivity index (χ1n) is 5.24. The van der Waals surface area contributed by atoms with Crippen LogP contribution in [0, 0.1) is 0 Å².